The average molecular weight is 325 g/mol. The maximum Gasteiger partial charge on any atom is 0.226 e. The van der Waals surface area contributed by atoms with Crippen LogP contribution in [0.2, 0.25) is 0 Å². The van der Waals surface area contributed by atoms with Gasteiger partial charge in [0.15, 0.2) is 12.4 Å². The summed E-state index contributed by atoms with van der Waals surface area (Å²) in [5.41, 5.74) is 7.92. The summed E-state index contributed by atoms with van der Waals surface area (Å²) >= 11 is 0. The third-order valence-electron chi connectivity index (χ3n) is 3.42. The fourth-order valence-electron chi connectivity index (χ4n) is 2.10. The summed E-state index contributed by atoms with van der Waals surface area (Å²) in [5, 5.41) is 3.83. The Morgan fingerprint density at radius 3 is 2.58 bits per heavy atom. The van der Waals surface area contributed by atoms with Crippen LogP contribution in [0.5, 0.6) is 0 Å². The second kappa shape index (κ2) is 6.95. The molecule has 1 aromatic heterocycles. The van der Waals surface area contributed by atoms with Crippen LogP contribution in [0.15, 0.2) is 64.2 Å². The highest BCUT2D eigenvalue weighted by Gasteiger charge is 2.11. The molecule has 0 bridgehead atoms. The minimum atomic E-state index is -0.334. The Bertz CT molecular complexity index is 842. The molecular weight excluding hydrogens is 309 g/mol. The maximum atomic E-state index is 12.9. The van der Waals surface area contributed by atoms with E-state index < -0.39 is 0 Å². The first-order valence-corrected chi connectivity index (χ1v) is 7.36. The van der Waals surface area contributed by atoms with E-state index >= 15 is 0 Å². The number of benzene rings is 2. The predicted molar refractivity (Wildman–Crippen MR) is 88.6 cm³/mol. The van der Waals surface area contributed by atoms with E-state index in [9.17, 15) is 4.39 Å². The smallest absolute Gasteiger partial charge is 0.226 e. The summed E-state index contributed by atoms with van der Waals surface area (Å²) < 4.78 is 18.5. The fraction of sp³-hybridized carbons (Fsp3) is 0.111. The van der Waals surface area contributed by atoms with E-state index in [4.69, 9.17) is 15.0 Å². The summed E-state index contributed by atoms with van der Waals surface area (Å²) in [6.07, 6.45) is 0. The molecule has 3 aromatic rings. The van der Waals surface area contributed by atoms with Crippen LogP contribution in [0.25, 0.3) is 11.5 Å². The van der Waals surface area contributed by atoms with Crippen molar-refractivity contribution in [1.29, 1.82) is 0 Å². The van der Waals surface area contributed by atoms with Crippen LogP contribution < -0.4 is 5.73 Å². The maximum absolute atomic E-state index is 12.9. The number of amidine groups is 1. The van der Waals surface area contributed by atoms with Crippen molar-refractivity contribution in [2.45, 2.75) is 13.5 Å². The van der Waals surface area contributed by atoms with E-state index in [-0.39, 0.29) is 18.3 Å². The van der Waals surface area contributed by atoms with Crippen LogP contribution in [0.1, 0.15) is 17.0 Å². The molecule has 0 unspecified atom stereocenters. The lowest BCUT2D eigenvalue weighted by Gasteiger charge is -2.01. The first kappa shape index (κ1) is 15.7. The Morgan fingerprint density at radius 1 is 1.17 bits per heavy atom. The van der Waals surface area contributed by atoms with Crippen LogP contribution >= 0.6 is 0 Å². The first-order valence-electron chi connectivity index (χ1n) is 7.36. The van der Waals surface area contributed by atoms with Gasteiger partial charge in [0.25, 0.3) is 0 Å². The van der Waals surface area contributed by atoms with Crippen molar-refractivity contribution in [2.75, 3.05) is 0 Å². The Morgan fingerprint density at radius 2 is 1.88 bits per heavy atom. The molecule has 0 atom stereocenters. The molecule has 5 nitrogen and oxygen atoms in total. The fourth-order valence-corrected chi connectivity index (χ4v) is 2.10. The van der Waals surface area contributed by atoms with E-state index in [0.717, 1.165) is 5.56 Å². The molecule has 0 amide bonds. The molecule has 6 heteroatoms. The molecule has 24 heavy (non-hydrogen) atoms. The lowest BCUT2D eigenvalue weighted by atomic mass is 10.2. The van der Waals surface area contributed by atoms with Crippen LogP contribution in [0.4, 0.5) is 4.39 Å². The van der Waals surface area contributed by atoms with Gasteiger partial charge in [-0.25, -0.2) is 9.37 Å². The highest BCUT2D eigenvalue weighted by Crippen LogP contribution is 2.21. The Hall–Kier alpha value is -3.15. The monoisotopic (exact) mass is 325 g/mol. The number of hydrogen-bond donors (Lipinski definition) is 1. The molecule has 0 saturated carbocycles. The Kier molecular flexibility index (Phi) is 4.56. The minimum Gasteiger partial charge on any atom is -0.441 e. The van der Waals surface area contributed by atoms with Gasteiger partial charge in [0.2, 0.25) is 5.89 Å². The van der Waals surface area contributed by atoms with Gasteiger partial charge >= 0.3 is 0 Å². The number of hydrogen-bond acceptors (Lipinski definition) is 4. The normalized spacial score (nSPS) is 11.5. The molecule has 0 aliphatic carbocycles. The lowest BCUT2D eigenvalue weighted by molar-refractivity contribution is 0.127. The molecule has 2 aromatic carbocycles. The number of nitrogens with zero attached hydrogens (tertiary/aromatic N) is 2. The summed E-state index contributed by atoms with van der Waals surface area (Å²) in [5.74, 6) is 1.02. The highest BCUT2D eigenvalue weighted by atomic mass is 19.1. The SMILES string of the molecule is Cc1oc(-c2ccccc2)nc1CO/N=C(\N)c1ccc(F)cc1. The summed E-state index contributed by atoms with van der Waals surface area (Å²) in [4.78, 5) is 9.65. The third-order valence-corrected chi connectivity index (χ3v) is 3.42. The van der Waals surface area contributed by atoms with E-state index in [1.165, 1.54) is 24.3 Å². The number of nitrogens with two attached hydrogens (primary N) is 1. The van der Waals surface area contributed by atoms with Crippen molar-refractivity contribution in [3.8, 4) is 11.5 Å². The highest BCUT2D eigenvalue weighted by molar-refractivity contribution is 5.96. The van der Waals surface area contributed by atoms with Crippen LogP contribution in [-0.2, 0) is 11.4 Å². The number of aromatic nitrogens is 1. The molecule has 0 aliphatic heterocycles. The number of halogens is 1. The second-order valence-corrected chi connectivity index (χ2v) is 5.14. The zero-order valence-electron chi connectivity index (χ0n) is 13.1. The van der Waals surface area contributed by atoms with Crippen molar-refractivity contribution >= 4 is 5.84 Å². The van der Waals surface area contributed by atoms with Crippen molar-refractivity contribution in [3.05, 3.63) is 77.4 Å². The largest absolute Gasteiger partial charge is 0.441 e. The van der Waals surface area contributed by atoms with E-state index in [2.05, 4.69) is 10.1 Å². The van der Waals surface area contributed by atoms with Gasteiger partial charge in [0, 0.05) is 11.1 Å². The van der Waals surface area contributed by atoms with Crippen LogP contribution in [-0.4, -0.2) is 10.8 Å². The predicted octanol–water partition coefficient (Wildman–Crippen LogP) is 3.63. The Balaban J connectivity index is 1.68. The topological polar surface area (TPSA) is 73.6 Å². The molecule has 1 heterocycles. The van der Waals surface area contributed by atoms with Crippen molar-refractivity contribution in [2.24, 2.45) is 10.9 Å². The van der Waals surface area contributed by atoms with Gasteiger partial charge in [-0.15, -0.1) is 0 Å². The molecule has 0 aliphatic rings. The molecule has 0 radical (unpaired) electrons. The quantitative estimate of drug-likeness (QED) is 0.442. The van der Waals surface area contributed by atoms with Crippen LogP contribution in [0, 0.1) is 12.7 Å². The van der Waals surface area contributed by atoms with E-state index in [1.54, 1.807) is 0 Å². The number of oxime groups is 1. The third kappa shape index (κ3) is 3.60. The van der Waals surface area contributed by atoms with Gasteiger partial charge in [0.1, 0.15) is 17.3 Å². The standard InChI is InChI=1S/C18H16FN3O2/c1-12-16(21-18(24-12)14-5-3-2-4-6-14)11-23-22-17(20)13-7-9-15(19)10-8-13/h2-10H,11H2,1H3,(H2,20,22). The van der Waals surface area contributed by atoms with E-state index in [0.29, 0.717) is 22.9 Å². The summed E-state index contributed by atoms with van der Waals surface area (Å²) in [6.45, 7) is 1.94. The van der Waals surface area contributed by atoms with Crippen molar-refractivity contribution < 1.29 is 13.6 Å². The summed E-state index contributed by atoms with van der Waals surface area (Å²) in [7, 11) is 0. The zero-order chi connectivity index (χ0) is 16.9. The second-order valence-electron chi connectivity index (χ2n) is 5.14. The Labute approximate surface area is 138 Å². The molecule has 0 spiro atoms. The average Bonchev–Trinajstić information content (AvgIpc) is 2.97. The number of rotatable bonds is 5. The first-order chi connectivity index (χ1) is 11.6. The molecule has 3 rings (SSSR count). The summed E-state index contributed by atoms with van der Waals surface area (Å²) in [6, 6.07) is 15.3. The number of aryl methyl sites for hydroxylation is 1. The molecule has 122 valence electrons. The zero-order valence-corrected chi connectivity index (χ0v) is 13.1. The van der Waals surface area contributed by atoms with Gasteiger partial charge in [0.05, 0.1) is 0 Å². The van der Waals surface area contributed by atoms with Gasteiger partial charge < -0.3 is 15.0 Å². The van der Waals surface area contributed by atoms with Gasteiger partial charge in [-0.05, 0) is 43.3 Å². The minimum absolute atomic E-state index is 0.129. The molecule has 0 saturated heterocycles. The van der Waals surface area contributed by atoms with Crippen LogP contribution in [0.3, 0.4) is 0 Å². The molecular formula is C18H16FN3O2. The van der Waals surface area contributed by atoms with Gasteiger partial charge in [-0.2, -0.15) is 0 Å². The molecule has 0 fully saturated rings. The van der Waals surface area contributed by atoms with Crippen molar-refractivity contribution in [1.82, 2.24) is 4.98 Å². The van der Waals surface area contributed by atoms with Crippen molar-refractivity contribution in [3.63, 3.8) is 0 Å². The molecule has 2 N–H and O–H groups in total. The lowest BCUT2D eigenvalue weighted by Crippen LogP contribution is -2.13. The van der Waals surface area contributed by atoms with E-state index in [1.807, 2.05) is 37.3 Å². The van der Waals surface area contributed by atoms with Gasteiger partial charge in [-0.1, -0.05) is 23.4 Å². The number of oxazole rings is 1. The van der Waals surface area contributed by atoms with Gasteiger partial charge in [-0.3, -0.25) is 0 Å².